The van der Waals surface area contributed by atoms with Crippen molar-refractivity contribution in [2.24, 2.45) is 0 Å². The summed E-state index contributed by atoms with van der Waals surface area (Å²) >= 11 is 2.93. The highest BCUT2D eigenvalue weighted by atomic mass is 32.2. The molecule has 1 atom stereocenters. The number of aromatic nitrogens is 2. The van der Waals surface area contributed by atoms with Crippen LogP contribution in [0.5, 0.6) is 0 Å². The number of nitrogens with zero attached hydrogens (tertiary/aromatic N) is 3. The van der Waals surface area contributed by atoms with E-state index in [1.165, 1.54) is 23.1 Å². The zero-order valence-corrected chi connectivity index (χ0v) is 17.4. The monoisotopic (exact) mass is 406 g/mol. The van der Waals surface area contributed by atoms with E-state index in [0.717, 1.165) is 41.0 Å². The van der Waals surface area contributed by atoms with Crippen LogP contribution >= 0.6 is 23.1 Å². The van der Waals surface area contributed by atoms with Crippen LogP contribution in [0.4, 0.5) is 5.13 Å². The Kier molecular flexibility index (Phi) is 7.49. The summed E-state index contributed by atoms with van der Waals surface area (Å²) in [5.41, 5.74) is 1.14. The van der Waals surface area contributed by atoms with Gasteiger partial charge >= 0.3 is 0 Å². The van der Waals surface area contributed by atoms with Gasteiger partial charge in [0.05, 0.1) is 11.9 Å². The number of anilines is 1. The second kappa shape index (κ2) is 10.1. The van der Waals surface area contributed by atoms with E-state index in [-0.39, 0.29) is 18.1 Å². The number of nitrogens with one attached hydrogen (secondary N) is 1. The first kappa shape index (κ1) is 20.1. The number of ether oxygens (including phenoxy) is 1. The summed E-state index contributed by atoms with van der Waals surface area (Å²) in [5.74, 6) is 0.480. The first-order chi connectivity index (χ1) is 13.1. The standard InChI is InChI=1S/C19H26N4O2S2/c1-14(2)23(12-15-7-4-3-5-8-15)17(24)13-26-19-22-21-18(27-19)20-11-16-9-6-10-25-16/h3-5,7-8,14,16H,6,9-13H2,1-2H3,(H,20,21). The van der Waals surface area contributed by atoms with Crippen LogP contribution in [0.25, 0.3) is 0 Å². The molecule has 0 aliphatic carbocycles. The fraction of sp³-hybridized carbons (Fsp3) is 0.526. The van der Waals surface area contributed by atoms with Gasteiger partial charge in [-0.1, -0.05) is 53.4 Å². The Morgan fingerprint density at radius 2 is 2.19 bits per heavy atom. The van der Waals surface area contributed by atoms with E-state index >= 15 is 0 Å². The fourth-order valence-corrected chi connectivity index (χ4v) is 4.54. The number of carbonyl (C=O) groups is 1. The van der Waals surface area contributed by atoms with E-state index in [1.54, 1.807) is 0 Å². The third kappa shape index (κ3) is 6.19. The van der Waals surface area contributed by atoms with Crippen molar-refractivity contribution in [3.8, 4) is 0 Å². The average molecular weight is 407 g/mol. The number of hydrogen-bond acceptors (Lipinski definition) is 7. The summed E-state index contributed by atoms with van der Waals surface area (Å²) in [6, 6.07) is 10.2. The molecule has 2 heterocycles. The van der Waals surface area contributed by atoms with Gasteiger partial charge in [-0.25, -0.2) is 0 Å². The number of thioether (sulfide) groups is 1. The van der Waals surface area contributed by atoms with E-state index in [2.05, 4.69) is 15.5 Å². The fourth-order valence-electron chi connectivity index (χ4n) is 2.89. The van der Waals surface area contributed by atoms with E-state index in [0.29, 0.717) is 12.3 Å². The van der Waals surface area contributed by atoms with Crippen molar-refractivity contribution >= 4 is 34.1 Å². The Morgan fingerprint density at radius 1 is 1.37 bits per heavy atom. The molecule has 1 aromatic carbocycles. The highest BCUT2D eigenvalue weighted by Crippen LogP contribution is 2.26. The van der Waals surface area contributed by atoms with Gasteiger partial charge in [0.2, 0.25) is 11.0 Å². The van der Waals surface area contributed by atoms with Gasteiger partial charge in [0.25, 0.3) is 0 Å². The van der Waals surface area contributed by atoms with Gasteiger partial charge in [-0.15, -0.1) is 10.2 Å². The van der Waals surface area contributed by atoms with Crippen molar-refractivity contribution in [3.63, 3.8) is 0 Å². The average Bonchev–Trinajstić information content (AvgIpc) is 3.35. The topological polar surface area (TPSA) is 67.4 Å². The van der Waals surface area contributed by atoms with Crippen LogP contribution in [0.1, 0.15) is 32.3 Å². The lowest BCUT2D eigenvalue weighted by molar-refractivity contribution is -0.130. The molecule has 1 saturated heterocycles. The van der Waals surface area contributed by atoms with E-state index in [1.807, 2.05) is 49.1 Å². The largest absolute Gasteiger partial charge is 0.376 e. The van der Waals surface area contributed by atoms with Gasteiger partial charge in [0.15, 0.2) is 4.34 Å². The molecule has 1 N–H and O–H groups in total. The molecule has 1 aliphatic rings. The summed E-state index contributed by atoms with van der Waals surface area (Å²) in [6.07, 6.45) is 2.49. The predicted octanol–water partition coefficient (Wildman–Crippen LogP) is 3.66. The molecule has 27 heavy (non-hydrogen) atoms. The second-order valence-corrected chi connectivity index (χ2v) is 8.98. The van der Waals surface area contributed by atoms with E-state index in [4.69, 9.17) is 4.74 Å². The number of benzene rings is 1. The lowest BCUT2D eigenvalue weighted by atomic mass is 10.2. The molecule has 1 aliphatic heterocycles. The smallest absolute Gasteiger partial charge is 0.233 e. The Balaban J connectivity index is 1.48. The zero-order valence-electron chi connectivity index (χ0n) is 15.8. The van der Waals surface area contributed by atoms with Crippen LogP contribution in [-0.2, 0) is 16.1 Å². The summed E-state index contributed by atoms with van der Waals surface area (Å²) in [7, 11) is 0. The Morgan fingerprint density at radius 3 is 2.89 bits per heavy atom. The maximum absolute atomic E-state index is 12.7. The molecule has 2 aromatic rings. The normalized spacial score (nSPS) is 16.6. The van der Waals surface area contributed by atoms with Gasteiger partial charge in [-0.3, -0.25) is 4.79 Å². The van der Waals surface area contributed by atoms with Crippen LogP contribution in [0.2, 0.25) is 0 Å². The van der Waals surface area contributed by atoms with Crippen molar-refractivity contribution in [2.75, 3.05) is 24.2 Å². The quantitative estimate of drug-likeness (QED) is 0.641. The summed E-state index contributed by atoms with van der Waals surface area (Å²) < 4.78 is 6.40. The molecule has 1 unspecified atom stereocenters. The maximum atomic E-state index is 12.7. The minimum absolute atomic E-state index is 0.114. The Bertz CT molecular complexity index is 718. The van der Waals surface area contributed by atoms with Crippen LogP contribution in [0, 0.1) is 0 Å². The van der Waals surface area contributed by atoms with Gasteiger partial charge < -0.3 is 15.0 Å². The number of amides is 1. The number of carbonyl (C=O) groups excluding carboxylic acids is 1. The van der Waals surface area contributed by atoms with Crippen LogP contribution < -0.4 is 5.32 Å². The summed E-state index contributed by atoms with van der Waals surface area (Å²) in [6.45, 7) is 6.33. The van der Waals surface area contributed by atoms with Crippen LogP contribution in [0.15, 0.2) is 34.7 Å². The number of rotatable bonds is 9. The van der Waals surface area contributed by atoms with Crippen molar-refractivity contribution in [2.45, 2.75) is 49.7 Å². The Labute approximate surface area is 168 Å². The van der Waals surface area contributed by atoms with Gasteiger partial charge in [-0.2, -0.15) is 0 Å². The molecule has 1 fully saturated rings. The highest BCUT2D eigenvalue weighted by Gasteiger charge is 2.19. The van der Waals surface area contributed by atoms with Crippen molar-refractivity contribution in [1.29, 1.82) is 0 Å². The zero-order chi connectivity index (χ0) is 19.1. The van der Waals surface area contributed by atoms with E-state index in [9.17, 15) is 4.79 Å². The molecule has 6 nitrogen and oxygen atoms in total. The molecule has 3 rings (SSSR count). The molecule has 1 amide bonds. The molecular weight excluding hydrogens is 380 g/mol. The molecule has 0 spiro atoms. The molecule has 8 heteroatoms. The first-order valence-corrected chi connectivity index (χ1v) is 11.1. The molecule has 0 saturated carbocycles. The second-order valence-electron chi connectivity index (χ2n) is 6.78. The molecule has 1 aromatic heterocycles. The van der Waals surface area contributed by atoms with Crippen molar-refractivity contribution in [1.82, 2.24) is 15.1 Å². The van der Waals surface area contributed by atoms with Crippen molar-refractivity contribution in [3.05, 3.63) is 35.9 Å². The summed E-state index contributed by atoms with van der Waals surface area (Å²) in [4.78, 5) is 14.6. The van der Waals surface area contributed by atoms with Gasteiger partial charge in [0, 0.05) is 25.7 Å². The molecule has 0 bridgehead atoms. The third-order valence-electron chi connectivity index (χ3n) is 4.37. The Hall–Kier alpha value is -1.64. The highest BCUT2D eigenvalue weighted by molar-refractivity contribution is 8.01. The maximum Gasteiger partial charge on any atom is 0.233 e. The van der Waals surface area contributed by atoms with Crippen LogP contribution in [0.3, 0.4) is 0 Å². The first-order valence-electron chi connectivity index (χ1n) is 9.27. The van der Waals surface area contributed by atoms with E-state index < -0.39 is 0 Å². The van der Waals surface area contributed by atoms with Crippen molar-refractivity contribution < 1.29 is 9.53 Å². The third-order valence-corrected chi connectivity index (χ3v) is 6.37. The van der Waals surface area contributed by atoms with Gasteiger partial charge in [-0.05, 0) is 32.3 Å². The number of hydrogen-bond donors (Lipinski definition) is 1. The summed E-state index contributed by atoms with van der Waals surface area (Å²) in [5, 5.41) is 12.4. The van der Waals surface area contributed by atoms with Gasteiger partial charge in [0.1, 0.15) is 0 Å². The lowest BCUT2D eigenvalue weighted by Gasteiger charge is -2.26. The molecule has 146 valence electrons. The minimum atomic E-state index is 0.114. The molecular formula is C19H26N4O2S2. The van der Waals surface area contributed by atoms with Crippen LogP contribution in [-0.4, -0.2) is 52.1 Å². The predicted molar refractivity (Wildman–Crippen MR) is 110 cm³/mol. The SMILES string of the molecule is CC(C)N(Cc1ccccc1)C(=O)CSc1nnc(NCC2CCCO2)s1. The minimum Gasteiger partial charge on any atom is -0.376 e. The lowest BCUT2D eigenvalue weighted by Crippen LogP contribution is -2.37. The molecule has 0 radical (unpaired) electrons.